The van der Waals surface area contributed by atoms with E-state index in [1.54, 1.807) is 14.2 Å². The molecule has 7 heteroatoms. The number of ether oxygens (including phenoxy) is 1. The van der Waals surface area contributed by atoms with Crippen molar-refractivity contribution in [3.63, 3.8) is 0 Å². The number of rotatable bonds is 7. The molecular weight excluding hydrogens is 266 g/mol. The molecule has 1 saturated heterocycles. The van der Waals surface area contributed by atoms with Crippen LogP contribution in [-0.4, -0.2) is 59.2 Å². The minimum atomic E-state index is -3.41. The highest BCUT2D eigenvalue weighted by atomic mass is 32.2. The predicted molar refractivity (Wildman–Crippen MR) is 76.2 cm³/mol. The van der Waals surface area contributed by atoms with Crippen LogP contribution >= 0.6 is 0 Å². The molecule has 114 valence electrons. The molecule has 1 aliphatic heterocycles. The van der Waals surface area contributed by atoms with Crippen molar-refractivity contribution in [2.75, 3.05) is 40.4 Å². The third-order valence-corrected chi connectivity index (χ3v) is 5.54. The van der Waals surface area contributed by atoms with E-state index < -0.39 is 10.2 Å². The summed E-state index contributed by atoms with van der Waals surface area (Å²) in [6, 6.07) is -0.0519. The molecular formula is C12H27N3O3S. The Balaban J connectivity index is 2.66. The molecule has 0 spiro atoms. The van der Waals surface area contributed by atoms with E-state index in [1.165, 1.54) is 4.31 Å². The van der Waals surface area contributed by atoms with Gasteiger partial charge in [0, 0.05) is 32.2 Å². The quantitative estimate of drug-likeness (QED) is 0.702. The van der Waals surface area contributed by atoms with Crippen molar-refractivity contribution in [2.45, 2.75) is 32.7 Å². The summed E-state index contributed by atoms with van der Waals surface area (Å²) in [6.45, 7) is 6.55. The average molecular weight is 293 g/mol. The maximum atomic E-state index is 12.1. The summed E-state index contributed by atoms with van der Waals surface area (Å²) < 4.78 is 33.6. The van der Waals surface area contributed by atoms with Crippen LogP contribution in [0.3, 0.4) is 0 Å². The molecule has 0 aromatic rings. The number of methoxy groups -OCH3 is 1. The molecule has 19 heavy (non-hydrogen) atoms. The minimum absolute atomic E-state index is 0.0519. The first-order chi connectivity index (χ1) is 8.83. The molecule has 6 nitrogen and oxygen atoms in total. The van der Waals surface area contributed by atoms with Crippen LogP contribution in [0.25, 0.3) is 0 Å². The van der Waals surface area contributed by atoms with Gasteiger partial charge in [0.1, 0.15) is 0 Å². The summed E-state index contributed by atoms with van der Waals surface area (Å²) in [5.74, 6) is 0. The molecule has 1 rings (SSSR count). The van der Waals surface area contributed by atoms with Crippen molar-refractivity contribution in [3.05, 3.63) is 0 Å². The van der Waals surface area contributed by atoms with Crippen molar-refractivity contribution in [3.8, 4) is 0 Å². The van der Waals surface area contributed by atoms with Gasteiger partial charge in [-0.25, -0.2) is 4.72 Å². The van der Waals surface area contributed by atoms with Gasteiger partial charge in [-0.2, -0.15) is 12.7 Å². The number of nitrogens with one attached hydrogen (secondary N) is 2. The van der Waals surface area contributed by atoms with E-state index >= 15 is 0 Å². The van der Waals surface area contributed by atoms with Crippen molar-refractivity contribution in [1.29, 1.82) is 0 Å². The molecule has 0 aromatic heterocycles. The Bertz CT molecular complexity index is 359. The lowest BCUT2D eigenvalue weighted by Gasteiger charge is -2.37. The first-order valence-corrected chi connectivity index (χ1v) is 8.19. The molecule has 0 atom stereocenters. The van der Waals surface area contributed by atoms with E-state index in [1.807, 2.05) is 13.8 Å². The van der Waals surface area contributed by atoms with Gasteiger partial charge in [-0.15, -0.1) is 0 Å². The van der Waals surface area contributed by atoms with Crippen LogP contribution in [0.2, 0.25) is 0 Å². The fourth-order valence-electron chi connectivity index (χ4n) is 2.26. The van der Waals surface area contributed by atoms with Crippen molar-refractivity contribution >= 4 is 10.2 Å². The molecule has 0 amide bonds. The second-order valence-electron chi connectivity index (χ2n) is 5.62. The maximum Gasteiger partial charge on any atom is 0.279 e. The summed E-state index contributed by atoms with van der Waals surface area (Å²) in [5, 5.41) is 3.29. The van der Waals surface area contributed by atoms with Crippen LogP contribution in [0.1, 0.15) is 26.7 Å². The molecule has 1 fully saturated rings. The molecule has 0 saturated carbocycles. The van der Waals surface area contributed by atoms with Crippen molar-refractivity contribution in [1.82, 2.24) is 14.3 Å². The standard InChI is InChI=1S/C12H27N3O3S/c1-11(2)15(3)19(16,17)14-9-12(10-18-4)5-7-13-8-6-12/h11,13-14H,5-10H2,1-4H3. The molecule has 0 radical (unpaired) electrons. The van der Waals surface area contributed by atoms with Crippen molar-refractivity contribution in [2.24, 2.45) is 5.41 Å². The zero-order valence-corrected chi connectivity index (χ0v) is 13.2. The minimum Gasteiger partial charge on any atom is -0.384 e. The van der Waals surface area contributed by atoms with Gasteiger partial charge in [-0.1, -0.05) is 0 Å². The summed E-state index contributed by atoms with van der Waals surface area (Å²) in [6.07, 6.45) is 1.85. The summed E-state index contributed by atoms with van der Waals surface area (Å²) >= 11 is 0. The molecule has 0 bridgehead atoms. The monoisotopic (exact) mass is 293 g/mol. The fraction of sp³-hybridized carbons (Fsp3) is 1.00. The SMILES string of the molecule is COCC1(CNS(=O)(=O)N(C)C(C)C)CCNCC1. The van der Waals surface area contributed by atoms with Crippen LogP contribution in [0.5, 0.6) is 0 Å². The predicted octanol–water partition coefficient (Wildman–Crippen LogP) is 0.177. The van der Waals surface area contributed by atoms with Crippen LogP contribution in [0.15, 0.2) is 0 Å². The molecule has 0 aliphatic carbocycles. The highest BCUT2D eigenvalue weighted by Crippen LogP contribution is 2.28. The fourth-order valence-corrected chi connectivity index (χ4v) is 3.51. The molecule has 0 unspecified atom stereocenters. The van der Waals surface area contributed by atoms with Gasteiger partial charge in [-0.05, 0) is 39.8 Å². The van der Waals surface area contributed by atoms with Crippen LogP contribution < -0.4 is 10.0 Å². The van der Waals surface area contributed by atoms with Crippen LogP contribution in [-0.2, 0) is 14.9 Å². The molecule has 2 N–H and O–H groups in total. The number of nitrogens with zero attached hydrogens (tertiary/aromatic N) is 1. The number of hydrogen-bond acceptors (Lipinski definition) is 4. The van der Waals surface area contributed by atoms with E-state index in [2.05, 4.69) is 10.0 Å². The van der Waals surface area contributed by atoms with Gasteiger partial charge in [-0.3, -0.25) is 0 Å². The summed E-state index contributed by atoms with van der Waals surface area (Å²) in [5.41, 5.74) is -0.0924. The topological polar surface area (TPSA) is 70.7 Å². The Kier molecular flexibility index (Phi) is 6.19. The lowest BCUT2D eigenvalue weighted by Crippen LogP contribution is -2.50. The normalized spacial score (nSPS) is 20.1. The maximum absolute atomic E-state index is 12.1. The van der Waals surface area contributed by atoms with Gasteiger partial charge in [0.05, 0.1) is 6.61 Å². The van der Waals surface area contributed by atoms with E-state index in [0.717, 1.165) is 25.9 Å². The lowest BCUT2D eigenvalue weighted by molar-refractivity contribution is 0.0574. The molecule has 0 aromatic carbocycles. The highest BCUT2D eigenvalue weighted by molar-refractivity contribution is 7.87. The highest BCUT2D eigenvalue weighted by Gasteiger charge is 2.34. The Labute approximate surface area is 117 Å². The van der Waals surface area contributed by atoms with Gasteiger partial charge in [0.25, 0.3) is 10.2 Å². The average Bonchev–Trinajstić information content (AvgIpc) is 2.37. The smallest absolute Gasteiger partial charge is 0.279 e. The van der Waals surface area contributed by atoms with Gasteiger partial charge >= 0.3 is 0 Å². The van der Waals surface area contributed by atoms with Crippen molar-refractivity contribution < 1.29 is 13.2 Å². The number of piperidine rings is 1. The first-order valence-electron chi connectivity index (χ1n) is 6.75. The largest absolute Gasteiger partial charge is 0.384 e. The third kappa shape index (κ3) is 4.68. The van der Waals surface area contributed by atoms with E-state index in [9.17, 15) is 8.42 Å². The Morgan fingerprint density at radius 1 is 1.37 bits per heavy atom. The van der Waals surface area contributed by atoms with Crippen LogP contribution in [0, 0.1) is 5.41 Å². The summed E-state index contributed by atoms with van der Waals surface area (Å²) in [4.78, 5) is 0. The first kappa shape index (κ1) is 16.8. The molecule has 1 heterocycles. The van der Waals surface area contributed by atoms with Gasteiger partial charge < -0.3 is 10.1 Å². The van der Waals surface area contributed by atoms with E-state index in [0.29, 0.717) is 13.2 Å². The summed E-state index contributed by atoms with van der Waals surface area (Å²) in [7, 11) is -0.147. The zero-order chi connectivity index (χ0) is 14.5. The van der Waals surface area contributed by atoms with E-state index in [4.69, 9.17) is 4.74 Å². The van der Waals surface area contributed by atoms with Gasteiger partial charge in [0.15, 0.2) is 0 Å². The second-order valence-corrected chi connectivity index (χ2v) is 7.43. The lowest BCUT2D eigenvalue weighted by atomic mass is 9.80. The Morgan fingerprint density at radius 2 is 1.95 bits per heavy atom. The second kappa shape index (κ2) is 6.99. The Hall–Kier alpha value is -0.210. The van der Waals surface area contributed by atoms with Gasteiger partial charge in [0.2, 0.25) is 0 Å². The van der Waals surface area contributed by atoms with E-state index in [-0.39, 0.29) is 11.5 Å². The third-order valence-electron chi connectivity index (χ3n) is 3.85. The Morgan fingerprint density at radius 3 is 2.42 bits per heavy atom. The number of hydrogen-bond donors (Lipinski definition) is 2. The zero-order valence-electron chi connectivity index (χ0n) is 12.4. The van der Waals surface area contributed by atoms with Crippen LogP contribution in [0.4, 0.5) is 0 Å². The molecule has 1 aliphatic rings.